The molecule has 1 aromatic carbocycles. The van der Waals surface area contributed by atoms with Crippen molar-refractivity contribution in [2.24, 2.45) is 0 Å². The highest BCUT2D eigenvalue weighted by molar-refractivity contribution is 7.50. The van der Waals surface area contributed by atoms with Gasteiger partial charge in [0, 0.05) is 17.3 Å². The molecule has 1 amide bonds. The highest BCUT2D eigenvalue weighted by Gasteiger charge is 2.90. The summed E-state index contributed by atoms with van der Waals surface area (Å²) in [6.45, 7) is 1.27. The van der Waals surface area contributed by atoms with Crippen LogP contribution >= 0.6 is 7.82 Å². The lowest BCUT2D eigenvalue weighted by atomic mass is 10.0. The van der Waals surface area contributed by atoms with E-state index in [0.29, 0.717) is 23.1 Å². The van der Waals surface area contributed by atoms with Gasteiger partial charge in [-0.2, -0.15) is 4.80 Å². The molecule has 1 saturated carbocycles. The van der Waals surface area contributed by atoms with Crippen LogP contribution in [-0.4, -0.2) is 54.2 Å². The zero-order valence-corrected chi connectivity index (χ0v) is 18.8. The van der Waals surface area contributed by atoms with Crippen molar-refractivity contribution in [1.82, 2.24) is 25.2 Å². The molecule has 4 aliphatic heterocycles. The van der Waals surface area contributed by atoms with Crippen LogP contribution in [0.5, 0.6) is 0 Å². The normalized spacial score (nSPS) is 31.7. The number of amides is 1. The van der Waals surface area contributed by atoms with Gasteiger partial charge >= 0.3 is 25.6 Å². The Kier molecular flexibility index (Phi) is 4.01. The lowest BCUT2D eigenvalue weighted by molar-refractivity contribution is -0.278. The maximum atomic E-state index is 15.2. The highest BCUT2D eigenvalue weighted by atomic mass is 31.2. The van der Waals surface area contributed by atoms with E-state index in [-0.39, 0.29) is 11.3 Å². The Morgan fingerprint density at radius 2 is 2.03 bits per heavy atom. The first-order valence-corrected chi connectivity index (χ1v) is 12.2. The van der Waals surface area contributed by atoms with Crippen LogP contribution in [0.3, 0.4) is 0 Å². The average Bonchev–Trinajstić information content (AvgIpc) is 3.29. The van der Waals surface area contributed by atoms with Crippen LogP contribution in [0.25, 0.3) is 22.6 Å². The summed E-state index contributed by atoms with van der Waals surface area (Å²) in [4.78, 5) is 19.4. The number of halogens is 1. The molecule has 5 aliphatic rings. The first-order valence-electron chi connectivity index (χ1n) is 10.7. The number of phosphoric ester groups is 1. The van der Waals surface area contributed by atoms with Crippen molar-refractivity contribution in [1.29, 1.82) is 0 Å². The van der Waals surface area contributed by atoms with Crippen molar-refractivity contribution in [3.05, 3.63) is 42.3 Å². The van der Waals surface area contributed by atoms with Gasteiger partial charge in [-0.1, -0.05) is 6.07 Å². The second-order valence-corrected chi connectivity index (χ2v) is 10.1. The first kappa shape index (κ1) is 21.0. The molecular formula is C20H16FN6O7P. The van der Waals surface area contributed by atoms with Crippen LogP contribution in [0.4, 0.5) is 14.9 Å². The van der Waals surface area contributed by atoms with Crippen LogP contribution in [0.2, 0.25) is 0 Å². The SMILES string of the molecule is C[C@@H](O)[C@]12OC(=O)N(c3ccc(-c4ccc(-c5nnn(C6CC6)n5)nc4)c(F)c3)C13OP(=O)(O3)O2. The summed E-state index contributed by atoms with van der Waals surface area (Å²) in [5.74, 6) is -4.60. The number of carbonyl (C=O) groups excluding carboxylic acids is 1. The number of rotatable bonds is 5. The first-order chi connectivity index (χ1) is 16.7. The minimum absolute atomic E-state index is 0.0130. The minimum Gasteiger partial charge on any atom is -0.405 e. The monoisotopic (exact) mass is 502 g/mol. The molecule has 4 saturated heterocycles. The largest absolute Gasteiger partial charge is 0.486 e. The van der Waals surface area contributed by atoms with Gasteiger partial charge in [0.2, 0.25) is 5.82 Å². The van der Waals surface area contributed by atoms with E-state index in [1.807, 2.05) is 0 Å². The van der Waals surface area contributed by atoms with Gasteiger partial charge in [-0.05, 0) is 49.2 Å². The van der Waals surface area contributed by atoms with E-state index in [1.54, 1.807) is 16.9 Å². The molecule has 6 heterocycles. The maximum Gasteiger partial charge on any atom is 0.486 e. The summed E-state index contributed by atoms with van der Waals surface area (Å²) in [5.41, 5.74) is 1.16. The fraction of sp³-hybridized carbons (Fsp3) is 0.350. The fourth-order valence-electron chi connectivity index (χ4n) is 4.37. The van der Waals surface area contributed by atoms with Crippen LogP contribution in [0.15, 0.2) is 36.5 Å². The van der Waals surface area contributed by atoms with Gasteiger partial charge in [0.05, 0.1) is 11.7 Å². The maximum absolute atomic E-state index is 15.2. The number of aromatic nitrogens is 5. The molecule has 35 heavy (non-hydrogen) atoms. The number of carbonyl (C=O) groups is 1. The second-order valence-electron chi connectivity index (χ2n) is 8.61. The summed E-state index contributed by atoms with van der Waals surface area (Å²) < 4.78 is 48.3. The van der Waals surface area contributed by atoms with Gasteiger partial charge in [0.1, 0.15) is 17.6 Å². The number of aliphatic hydroxyl groups is 1. The predicted molar refractivity (Wildman–Crippen MR) is 112 cm³/mol. The molecule has 3 aromatic rings. The van der Waals surface area contributed by atoms with E-state index in [4.69, 9.17) is 18.3 Å². The van der Waals surface area contributed by atoms with Gasteiger partial charge in [-0.3, -0.25) is 4.98 Å². The molecular weight excluding hydrogens is 486 g/mol. The number of pyridine rings is 1. The van der Waals surface area contributed by atoms with E-state index in [2.05, 4.69) is 20.4 Å². The number of ether oxygens (including phenoxy) is 1. The van der Waals surface area contributed by atoms with E-state index in [1.165, 1.54) is 25.3 Å². The third-order valence-corrected chi connectivity index (χ3v) is 7.68. The van der Waals surface area contributed by atoms with Crippen LogP contribution < -0.4 is 4.90 Å². The predicted octanol–water partition coefficient (Wildman–Crippen LogP) is 2.75. The number of benzene rings is 1. The van der Waals surface area contributed by atoms with E-state index in [9.17, 15) is 14.5 Å². The third kappa shape index (κ3) is 2.76. The molecule has 8 rings (SSSR count). The number of tetrazole rings is 1. The third-order valence-electron chi connectivity index (χ3n) is 6.24. The zero-order valence-electron chi connectivity index (χ0n) is 17.9. The molecule has 5 fully saturated rings. The van der Waals surface area contributed by atoms with Crippen molar-refractivity contribution in [3.63, 3.8) is 0 Å². The minimum atomic E-state index is -3.99. The lowest BCUT2D eigenvalue weighted by Gasteiger charge is -2.39. The van der Waals surface area contributed by atoms with Gasteiger partial charge < -0.3 is 9.84 Å². The number of aliphatic hydroxyl groups excluding tert-OH is 1. The quantitative estimate of drug-likeness (QED) is 0.513. The second kappa shape index (κ2) is 6.68. The number of hydrogen-bond acceptors (Lipinski definition) is 11. The Bertz CT molecular complexity index is 1430. The van der Waals surface area contributed by atoms with Crippen LogP contribution in [0.1, 0.15) is 25.8 Å². The number of anilines is 1. The summed E-state index contributed by atoms with van der Waals surface area (Å²) >= 11 is 0. The smallest absolute Gasteiger partial charge is 0.405 e. The standard InChI is InChI=1S/C20H16FN6O7P/c1-10(28)19-20(33-35(30,32-19)34-20)26(18(29)31-19)13-5-6-14(15(21)8-13)11-2-7-16(22-9-11)17-23-25-27(24-17)12-3-4-12/h2,5-10,12,28H,3-4H2,1H3/t10-,19-,20?,35?/m1/s1. The topological polar surface area (TPSA) is 151 Å². The van der Waals surface area contributed by atoms with E-state index < -0.39 is 37.5 Å². The van der Waals surface area contributed by atoms with Crippen LogP contribution in [-0.2, 0) is 22.9 Å². The van der Waals surface area contributed by atoms with Gasteiger partial charge in [0.15, 0.2) is 0 Å². The van der Waals surface area contributed by atoms with E-state index in [0.717, 1.165) is 23.8 Å². The summed E-state index contributed by atoms with van der Waals surface area (Å²) in [5, 5.41) is 22.5. The molecule has 15 heteroatoms. The van der Waals surface area contributed by atoms with Crippen molar-refractivity contribution in [2.45, 2.75) is 43.6 Å². The number of hydrogen-bond donors (Lipinski definition) is 1. The Balaban J connectivity index is 1.19. The molecule has 0 unspecified atom stereocenters. The molecule has 2 bridgehead atoms. The highest BCUT2D eigenvalue weighted by Crippen LogP contribution is 2.81. The van der Waals surface area contributed by atoms with Crippen molar-refractivity contribution >= 4 is 19.6 Å². The van der Waals surface area contributed by atoms with Crippen molar-refractivity contribution in [3.8, 4) is 22.6 Å². The number of phosphoric acid groups is 1. The Hall–Kier alpha value is -3.29. The Morgan fingerprint density at radius 1 is 1.23 bits per heavy atom. The van der Waals surface area contributed by atoms with Crippen molar-refractivity contribution < 1.29 is 37.2 Å². The molecule has 2 atom stereocenters. The lowest BCUT2D eigenvalue weighted by Crippen LogP contribution is -2.63. The molecule has 1 aliphatic carbocycles. The van der Waals surface area contributed by atoms with Crippen LogP contribution in [0, 0.1) is 5.82 Å². The van der Waals surface area contributed by atoms with Gasteiger partial charge in [0.25, 0.3) is 0 Å². The number of nitrogens with zero attached hydrogens (tertiary/aromatic N) is 6. The van der Waals surface area contributed by atoms with Crippen molar-refractivity contribution in [2.75, 3.05) is 4.90 Å². The summed E-state index contributed by atoms with van der Waals surface area (Å²) in [6, 6.07) is 7.54. The Labute approximate surface area is 196 Å². The fourth-order valence-corrected chi connectivity index (χ4v) is 6.12. The zero-order chi connectivity index (χ0) is 24.2. The average molecular weight is 502 g/mol. The molecule has 0 radical (unpaired) electrons. The van der Waals surface area contributed by atoms with Gasteiger partial charge in [-0.15, -0.1) is 10.2 Å². The summed E-state index contributed by atoms with van der Waals surface area (Å²) in [7, 11) is -3.99. The molecule has 2 aromatic heterocycles. The molecule has 13 nitrogen and oxygen atoms in total. The van der Waals surface area contributed by atoms with E-state index >= 15 is 4.39 Å². The molecule has 1 N–H and O–H groups in total. The molecule has 180 valence electrons. The van der Waals surface area contributed by atoms with Gasteiger partial charge in [-0.25, -0.2) is 32.2 Å². The Morgan fingerprint density at radius 3 is 2.69 bits per heavy atom. The summed E-state index contributed by atoms with van der Waals surface area (Å²) in [6.07, 6.45) is 1.05. The molecule has 1 spiro atoms.